The van der Waals surface area contributed by atoms with Gasteiger partial charge in [0.25, 0.3) is 0 Å². The second kappa shape index (κ2) is 2.70. The van der Waals surface area contributed by atoms with Crippen molar-refractivity contribution < 1.29 is 4.42 Å². The number of fused-ring (bicyclic) bond motifs is 2. The Bertz CT molecular complexity index is 1010. The van der Waals surface area contributed by atoms with Crippen LogP contribution in [0.25, 0.3) is 43.5 Å². The van der Waals surface area contributed by atoms with E-state index in [4.69, 9.17) is 16.0 Å². The maximum Gasteiger partial charge on any atom is 0.190 e. The SMILES string of the molecule is Clc1c2ccc3cccc4ccc(c5oc15)c2c34. The summed E-state index contributed by atoms with van der Waals surface area (Å²) in [5.74, 6) is 0. The van der Waals surface area contributed by atoms with E-state index >= 15 is 0 Å². The summed E-state index contributed by atoms with van der Waals surface area (Å²) in [5.41, 5.74) is 1.80. The number of hydrogen-bond donors (Lipinski definition) is 0. The molecule has 18 heavy (non-hydrogen) atoms. The van der Waals surface area contributed by atoms with E-state index in [9.17, 15) is 0 Å². The maximum absolute atomic E-state index is 6.38. The highest BCUT2D eigenvalue weighted by Gasteiger charge is 2.21. The standard InChI is InChI=1S/C16H7ClO/c17-14-10-6-4-8-2-1-3-9-5-7-11(13(10)12(8)9)15-16(14)18-15/h1-7H. The van der Waals surface area contributed by atoms with Crippen molar-refractivity contribution in [1.82, 2.24) is 0 Å². The van der Waals surface area contributed by atoms with Gasteiger partial charge in [-0.1, -0.05) is 48.0 Å². The van der Waals surface area contributed by atoms with Crippen LogP contribution in [0.15, 0.2) is 46.9 Å². The van der Waals surface area contributed by atoms with Gasteiger partial charge in [-0.25, -0.2) is 0 Å². The first-order valence-electron chi connectivity index (χ1n) is 5.91. The number of rotatable bonds is 0. The third kappa shape index (κ3) is 0.877. The monoisotopic (exact) mass is 250 g/mol. The molecule has 0 radical (unpaired) electrons. The molecule has 0 amide bonds. The molecular formula is C16H7ClO. The second-order valence-corrected chi connectivity index (χ2v) is 5.13. The molecule has 5 aromatic rings. The minimum Gasteiger partial charge on any atom is -0.447 e. The molecule has 0 saturated heterocycles. The average molecular weight is 251 g/mol. The molecule has 84 valence electrons. The molecule has 0 atom stereocenters. The zero-order valence-corrected chi connectivity index (χ0v) is 10.1. The molecule has 1 nitrogen and oxygen atoms in total. The first-order valence-corrected chi connectivity index (χ1v) is 6.29. The summed E-state index contributed by atoms with van der Waals surface area (Å²) in [6.07, 6.45) is 0. The summed E-state index contributed by atoms with van der Waals surface area (Å²) in [6.45, 7) is 0. The van der Waals surface area contributed by atoms with Gasteiger partial charge in [-0.2, -0.15) is 0 Å². The summed E-state index contributed by atoms with van der Waals surface area (Å²) in [6, 6.07) is 14.9. The smallest absolute Gasteiger partial charge is 0.190 e. The van der Waals surface area contributed by atoms with E-state index in [0.717, 1.165) is 21.6 Å². The van der Waals surface area contributed by atoms with Crippen LogP contribution in [0.1, 0.15) is 0 Å². The van der Waals surface area contributed by atoms with Crippen molar-refractivity contribution in [3.63, 3.8) is 0 Å². The summed E-state index contributed by atoms with van der Waals surface area (Å²) in [7, 11) is 0. The average Bonchev–Trinajstić information content (AvgIpc) is 3.19. The zero-order chi connectivity index (χ0) is 11.9. The molecule has 5 rings (SSSR count). The van der Waals surface area contributed by atoms with Gasteiger partial charge < -0.3 is 4.42 Å². The third-order valence-corrected chi connectivity index (χ3v) is 4.20. The molecule has 0 aliphatic heterocycles. The van der Waals surface area contributed by atoms with Crippen molar-refractivity contribution in [2.24, 2.45) is 0 Å². The number of hydrogen-bond acceptors (Lipinski definition) is 1. The van der Waals surface area contributed by atoms with Gasteiger partial charge in [-0.05, 0) is 22.2 Å². The van der Waals surface area contributed by atoms with Gasteiger partial charge in [0, 0.05) is 16.2 Å². The molecule has 1 heterocycles. The maximum atomic E-state index is 6.38. The lowest BCUT2D eigenvalue weighted by Gasteiger charge is -2.09. The Morgan fingerprint density at radius 3 is 2.22 bits per heavy atom. The van der Waals surface area contributed by atoms with Gasteiger partial charge in [0.15, 0.2) is 11.2 Å². The molecule has 0 saturated carbocycles. The summed E-state index contributed by atoms with van der Waals surface area (Å²) >= 11 is 6.38. The van der Waals surface area contributed by atoms with Crippen molar-refractivity contribution in [2.45, 2.75) is 0 Å². The van der Waals surface area contributed by atoms with Crippen molar-refractivity contribution in [1.29, 1.82) is 0 Å². The topological polar surface area (TPSA) is 13.1 Å². The quantitative estimate of drug-likeness (QED) is 0.334. The summed E-state index contributed by atoms with van der Waals surface area (Å²) in [5, 5.41) is 8.03. The van der Waals surface area contributed by atoms with Crippen molar-refractivity contribution >= 4 is 55.1 Å². The van der Waals surface area contributed by atoms with Gasteiger partial charge in [-0.3, -0.25) is 0 Å². The van der Waals surface area contributed by atoms with Crippen LogP contribution >= 0.6 is 11.6 Å². The largest absolute Gasteiger partial charge is 0.447 e. The van der Waals surface area contributed by atoms with Crippen LogP contribution in [0.4, 0.5) is 0 Å². The van der Waals surface area contributed by atoms with Crippen LogP contribution in [0.3, 0.4) is 0 Å². The first-order chi connectivity index (χ1) is 8.84. The first kappa shape index (κ1) is 9.01. The van der Waals surface area contributed by atoms with E-state index in [0.29, 0.717) is 0 Å². The lowest BCUT2D eigenvalue weighted by Crippen LogP contribution is -1.82. The molecular weight excluding hydrogens is 244 g/mol. The van der Waals surface area contributed by atoms with E-state index < -0.39 is 0 Å². The molecule has 0 unspecified atom stereocenters. The summed E-state index contributed by atoms with van der Waals surface area (Å²) < 4.78 is 5.53. The van der Waals surface area contributed by atoms with Gasteiger partial charge in [0.1, 0.15) is 0 Å². The Labute approximate surface area is 107 Å². The Morgan fingerprint density at radius 1 is 0.722 bits per heavy atom. The molecule has 0 N–H and O–H groups in total. The predicted molar refractivity (Wildman–Crippen MR) is 76.1 cm³/mol. The van der Waals surface area contributed by atoms with Gasteiger partial charge >= 0.3 is 0 Å². The van der Waals surface area contributed by atoms with Crippen LogP contribution in [-0.2, 0) is 0 Å². The van der Waals surface area contributed by atoms with E-state index in [1.54, 1.807) is 0 Å². The fourth-order valence-electron chi connectivity index (χ4n) is 2.98. The molecule has 2 heteroatoms. The Hall–Kier alpha value is -1.99. The fourth-order valence-corrected chi connectivity index (χ4v) is 3.26. The van der Waals surface area contributed by atoms with E-state index in [-0.39, 0.29) is 0 Å². The van der Waals surface area contributed by atoms with E-state index in [1.165, 1.54) is 26.9 Å². The number of benzene rings is 4. The molecule has 4 aromatic carbocycles. The van der Waals surface area contributed by atoms with Crippen LogP contribution < -0.4 is 0 Å². The predicted octanol–water partition coefficient (Wildman–Crippen LogP) is 5.42. The minimum absolute atomic E-state index is 0.746. The normalized spacial score (nSPS) is 12.7. The minimum atomic E-state index is 0.746. The second-order valence-electron chi connectivity index (χ2n) is 4.75. The molecule has 0 bridgehead atoms. The van der Waals surface area contributed by atoms with Gasteiger partial charge in [0.05, 0.1) is 5.02 Å². The van der Waals surface area contributed by atoms with Crippen molar-refractivity contribution in [2.75, 3.05) is 0 Å². The molecule has 0 fully saturated rings. The molecule has 0 spiro atoms. The van der Waals surface area contributed by atoms with Gasteiger partial charge in [0.2, 0.25) is 0 Å². The lowest BCUT2D eigenvalue weighted by atomic mass is 9.94. The van der Waals surface area contributed by atoms with Gasteiger partial charge in [-0.15, -0.1) is 0 Å². The zero-order valence-electron chi connectivity index (χ0n) is 9.33. The van der Waals surface area contributed by atoms with Crippen LogP contribution in [0.2, 0.25) is 5.02 Å². The number of halogens is 1. The van der Waals surface area contributed by atoms with Crippen LogP contribution in [-0.4, -0.2) is 0 Å². The highest BCUT2D eigenvalue weighted by Crippen LogP contribution is 2.46. The van der Waals surface area contributed by atoms with E-state index in [2.05, 4.69) is 42.5 Å². The molecule has 1 aromatic heterocycles. The Morgan fingerprint density at radius 2 is 1.44 bits per heavy atom. The highest BCUT2D eigenvalue weighted by molar-refractivity contribution is 6.45. The summed E-state index contributed by atoms with van der Waals surface area (Å²) in [4.78, 5) is 0. The van der Waals surface area contributed by atoms with E-state index in [1.807, 2.05) is 0 Å². The van der Waals surface area contributed by atoms with Crippen LogP contribution in [0, 0.1) is 0 Å². The lowest BCUT2D eigenvalue weighted by molar-refractivity contribution is 0.760. The third-order valence-electron chi connectivity index (χ3n) is 3.83. The van der Waals surface area contributed by atoms with Crippen LogP contribution in [0.5, 0.6) is 0 Å². The Kier molecular flexibility index (Phi) is 1.35. The molecule has 0 aliphatic carbocycles. The van der Waals surface area contributed by atoms with Crippen molar-refractivity contribution in [3.05, 3.63) is 47.5 Å². The Balaban J connectivity index is 2.30. The fraction of sp³-hybridized carbons (Fsp3) is 0. The van der Waals surface area contributed by atoms with Crippen molar-refractivity contribution in [3.8, 4) is 0 Å². The highest BCUT2D eigenvalue weighted by atomic mass is 35.5. The molecule has 0 aliphatic rings.